The lowest BCUT2D eigenvalue weighted by Crippen LogP contribution is -2.53. The van der Waals surface area contributed by atoms with Gasteiger partial charge in [0.25, 0.3) is 0 Å². The molecule has 0 radical (unpaired) electrons. The van der Waals surface area contributed by atoms with E-state index in [1.165, 1.54) is 0 Å². The fourth-order valence-corrected chi connectivity index (χ4v) is 3.83. The molecule has 1 aromatic rings. The second kappa shape index (κ2) is 11.8. The molecular weight excluding hydrogens is 467 g/mol. The lowest BCUT2D eigenvalue weighted by atomic mass is 10.2. The van der Waals surface area contributed by atoms with E-state index in [2.05, 4.69) is 51.8 Å². The van der Waals surface area contributed by atoms with Crippen LogP contribution in [0.3, 0.4) is 0 Å². The summed E-state index contributed by atoms with van der Waals surface area (Å²) in [6, 6.07) is 6.99. The number of pyridine rings is 1. The van der Waals surface area contributed by atoms with Crippen LogP contribution in [0.2, 0.25) is 0 Å². The number of aromatic nitrogens is 1. The Hall–Kier alpha value is -1.13. The molecule has 2 aliphatic heterocycles. The van der Waals surface area contributed by atoms with E-state index in [4.69, 9.17) is 9.73 Å². The summed E-state index contributed by atoms with van der Waals surface area (Å²) < 4.78 is 5.56. The van der Waals surface area contributed by atoms with Gasteiger partial charge < -0.3 is 19.9 Å². The van der Waals surface area contributed by atoms with Gasteiger partial charge in [0.15, 0.2) is 5.96 Å². The Morgan fingerprint density at radius 1 is 1.29 bits per heavy atom. The molecule has 3 heterocycles. The van der Waals surface area contributed by atoms with E-state index in [1.807, 2.05) is 18.3 Å². The maximum atomic E-state index is 5.56. The Balaban J connectivity index is 0.00000280. The largest absolute Gasteiger partial charge is 0.379 e. The number of ether oxygens (including phenoxy) is 1. The van der Waals surface area contributed by atoms with Crippen molar-refractivity contribution in [1.29, 1.82) is 0 Å². The van der Waals surface area contributed by atoms with Gasteiger partial charge in [-0.1, -0.05) is 6.07 Å². The lowest BCUT2D eigenvalue weighted by Gasteiger charge is -2.38. The molecule has 0 spiro atoms. The van der Waals surface area contributed by atoms with Crippen LogP contribution < -0.4 is 10.2 Å². The third kappa shape index (κ3) is 6.18. The summed E-state index contributed by atoms with van der Waals surface area (Å²) in [5, 5.41) is 3.48. The van der Waals surface area contributed by atoms with Crippen LogP contribution in [-0.2, 0) is 4.74 Å². The molecular formula is C20H35IN6O. The molecule has 1 aromatic heterocycles. The summed E-state index contributed by atoms with van der Waals surface area (Å²) in [7, 11) is 0. The van der Waals surface area contributed by atoms with Gasteiger partial charge in [0.2, 0.25) is 0 Å². The molecule has 1 N–H and O–H groups in total. The number of piperazine rings is 1. The summed E-state index contributed by atoms with van der Waals surface area (Å²) in [5.74, 6) is 2.10. The number of guanidine groups is 1. The van der Waals surface area contributed by atoms with Gasteiger partial charge in [-0.3, -0.25) is 9.89 Å². The number of anilines is 1. The first-order valence-corrected chi connectivity index (χ1v) is 10.2. The second-order valence-corrected chi connectivity index (χ2v) is 7.37. The molecule has 28 heavy (non-hydrogen) atoms. The molecule has 2 fully saturated rings. The zero-order valence-corrected chi connectivity index (χ0v) is 19.7. The van der Waals surface area contributed by atoms with Gasteiger partial charge in [-0.15, -0.1) is 24.0 Å². The van der Waals surface area contributed by atoms with Gasteiger partial charge in [0, 0.05) is 57.5 Å². The Bertz CT molecular complexity index is 594. The summed E-state index contributed by atoms with van der Waals surface area (Å²) in [5.41, 5.74) is 0. The number of halogens is 1. The molecule has 3 rings (SSSR count). The van der Waals surface area contributed by atoms with Crippen LogP contribution in [0, 0.1) is 0 Å². The van der Waals surface area contributed by atoms with Crippen molar-refractivity contribution in [2.45, 2.75) is 32.9 Å². The standard InChI is InChI=1S/C20H34N6O.HI/c1-4-21-20(23-15-17(2)26-13-14-27-16-18(26)3)25-11-9-24(10-12-25)19-7-5-6-8-22-19;/h5-8,17-18H,4,9-16H2,1-3H3,(H,21,23);1H. The van der Waals surface area contributed by atoms with Crippen LogP contribution >= 0.6 is 24.0 Å². The highest BCUT2D eigenvalue weighted by molar-refractivity contribution is 14.0. The van der Waals surface area contributed by atoms with Crippen LogP contribution in [-0.4, -0.2) is 91.9 Å². The predicted octanol–water partition coefficient (Wildman–Crippen LogP) is 1.90. The number of hydrogen-bond donors (Lipinski definition) is 1. The first kappa shape index (κ1) is 23.2. The van der Waals surface area contributed by atoms with Crippen LogP contribution in [0.4, 0.5) is 5.82 Å². The summed E-state index contributed by atoms with van der Waals surface area (Å²) >= 11 is 0. The molecule has 8 heteroatoms. The normalized spacial score (nSPS) is 22.5. The monoisotopic (exact) mass is 502 g/mol. The zero-order chi connectivity index (χ0) is 19.1. The van der Waals surface area contributed by atoms with Gasteiger partial charge in [-0.25, -0.2) is 4.98 Å². The number of rotatable bonds is 5. The Labute approximate surface area is 186 Å². The van der Waals surface area contributed by atoms with Crippen LogP contribution in [0.15, 0.2) is 29.4 Å². The predicted molar refractivity (Wildman–Crippen MR) is 126 cm³/mol. The van der Waals surface area contributed by atoms with Crippen molar-refractivity contribution >= 4 is 35.8 Å². The number of morpholine rings is 1. The fourth-order valence-electron chi connectivity index (χ4n) is 3.83. The van der Waals surface area contributed by atoms with Crippen molar-refractivity contribution < 1.29 is 4.74 Å². The molecule has 7 nitrogen and oxygen atoms in total. The molecule has 0 saturated carbocycles. The molecule has 158 valence electrons. The minimum absolute atomic E-state index is 0. The van der Waals surface area contributed by atoms with E-state index in [-0.39, 0.29) is 24.0 Å². The molecule has 0 bridgehead atoms. The molecule has 0 aromatic carbocycles. The van der Waals surface area contributed by atoms with E-state index < -0.39 is 0 Å². The van der Waals surface area contributed by atoms with Crippen LogP contribution in [0.5, 0.6) is 0 Å². The first-order chi connectivity index (χ1) is 13.2. The van der Waals surface area contributed by atoms with Gasteiger partial charge in [0.05, 0.1) is 19.8 Å². The van der Waals surface area contributed by atoms with Crippen molar-refractivity contribution in [2.24, 2.45) is 4.99 Å². The minimum atomic E-state index is 0. The highest BCUT2D eigenvalue weighted by Gasteiger charge is 2.24. The number of nitrogens with one attached hydrogen (secondary N) is 1. The summed E-state index contributed by atoms with van der Waals surface area (Å²) in [6.07, 6.45) is 1.86. The van der Waals surface area contributed by atoms with E-state index in [1.54, 1.807) is 0 Å². The summed E-state index contributed by atoms with van der Waals surface area (Å²) in [4.78, 5) is 16.7. The third-order valence-electron chi connectivity index (χ3n) is 5.38. The Morgan fingerprint density at radius 3 is 2.71 bits per heavy atom. The van der Waals surface area contributed by atoms with Crippen molar-refractivity contribution in [3.63, 3.8) is 0 Å². The number of hydrogen-bond acceptors (Lipinski definition) is 5. The highest BCUT2D eigenvalue weighted by Crippen LogP contribution is 2.14. The van der Waals surface area contributed by atoms with E-state index >= 15 is 0 Å². The molecule has 2 saturated heterocycles. The molecule has 2 atom stereocenters. The van der Waals surface area contributed by atoms with Gasteiger partial charge in [-0.05, 0) is 32.9 Å². The van der Waals surface area contributed by atoms with E-state index in [0.717, 1.165) is 70.8 Å². The SMILES string of the molecule is CCNC(=NCC(C)N1CCOCC1C)N1CCN(c2ccccn2)CC1.I. The van der Waals surface area contributed by atoms with Crippen molar-refractivity contribution in [3.05, 3.63) is 24.4 Å². The van der Waals surface area contributed by atoms with Gasteiger partial charge >= 0.3 is 0 Å². The smallest absolute Gasteiger partial charge is 0.194 e. The molecule has 0 aliphatic carbocycles. The molecule has 0 amide bonds. The van der Waals surface area contributed by atoms with E-state index in [0.29, 0.717) is 12.1 Å². The van der Waals surface area contributed by atoms with Crippen molar-refractivity contribution in [3.8, 4) is 0 Å². The van der Waals surface area contributed by atoms with Crippen LogP contribution in [0.1, 0.15) is 20.8 Å². The molecule has 2 unspecified atom stereocenters. The maximum Gasteiger partial charge on any atom is 0.194 e. The molecule has 2 aliphatic rings. The minimum Gasteiger partial charge on any atom is -0.379 e. The number of aliphatic imine (C=N–C) groups is 1. The van der Waals surface area contributed by atoms with Gasteiger partial charge in [-0.2, -0.15) is 0 Å². The Kier molecular flexibility index (Phi) is 9.73. The average molecular weight is 502 g/mol. The maximum absolute atomic E-state index is 5.56. The van der Waals surface area contributed by atoms with Gasteiger partial charge in [0.1, 0.15) is 5.82 Å². The quantitative estimate of drug-likeness (QED) is 0.377. The van der Waals surface area contributed by atoms with Crippen molar-refractivity contribution in [2.75, 3.05) is 63.9 Å². The fraction of sp³-hybridized carbons (Fsp3) is 0.700. The Morgan fingerprint density at radius 2 is 2.07 bits per heavy atom. The highest BCUT2D eigenvalue weighted by atomic mass is 127. The summed E-state index contributed by atoms with van der Waals surface area (Å²) in [6.45, 7) is 14.9. The first-order valence-electron chi connectivity index (χ1n) is 10.2. The topological polar surface area (TPSA) is 56.2 Å². The van der Waals surface area contributed by atoms with E-state index in [9.17, 15) is 0 Å². The van der Waals surface area contributed by atoms with Crippen molar-refractivity contribution in [1.82, 2.24) is 20.1 Å². The number of nitrogens with zero attached hydrogens (tertiary/aromatic N) is 5. The van der Waals surface area contributed by atoms with Crippen LogP contribution in [0.25, 0.3) is 0 Å². The second-order valence-electron chi connectivity index (χ2n) is 7.37. The lowest BCUT2D eigenvalue weighted by molar-refractivity contribution is -0.0166. The average Bonchev–Trinajstić information content (AvgIpc) is 2.72. The zero-order valence-electron chi connectivity index (χ0n) is 17.4. The third-order valence-corrected chi connectivity index (χ3v) is 5.38.